The average Bonchev–Trinajstić information content (AvgIpc) is 2.86. The zero-order valence-electron chi connectivity index (χ0n) is 19.0. The van der Waals surface area contributed by atoms with Gasteiger partial charge in [0.2, 0.25) is 5.91 Å². The van der Waals surface area contributed by atoms with E-state index in [0.717, 1.165) is 0 Å². The summed E-state index contributed by atoms with van der Waals surface area (Å²) in [7, 11) is -2.19. The van der Waals surface area contributed by atoms with Crippen LogP contribution in [0.3, 0.4) is 0 Å². The number of amides is 1. The first-order chi connectivity index (χ1) is 16.8. The van der Waals surface area contributed by atoms with Crippen LogP contribution in [0.1, 0.15) is 13.3 Å². The van der Waals surface area contributed by atoms with E-state index in [0.29, 0.717) is 28.2 Å². The Morgan fingerprint density at radius 3 is 2.46 bits per heavy atom. The van der Waals surface area contributed by atoms with Crippen molar-refractivity contribution in [2.45, 2.75) is 28.6 Å². The summed E-state index contributed by atoms with van der Waals surface area (Å²) in [5.41, 5.74) is 0.847. The van der Waals surface area contributed by atoms with Crippen molar-refractivity contribution in [3.63, 3.8) is 0 Å². The molecule has 1 atom stereocenters. The molecule has 9 nitrogen and oxygen atoms in total. The Kier molecular flexibility index (Phi) is 7.17. The van der Waals surface area contributed by atoms with Gasteiger partial charge in [-0.2, -0.15) is 0 Å². The van der Waals surface area contributed by atoms with Gasteiger partial charge in [-0.15, -0.1) is 0 Å². The highest BCUT2D eigenvalue weighted by molar-refractivity contribution is 8.00. The minimum absolute atomic E-state index is 0.0398. The van der Waals surface area contributed by atoms with Gasteiger partial charge in [-0.1, -0.05) is 36.9 Å². The second-order valence-corrected chi connectivity index (χ2v) is 10.5. The van der Waals surface area contributed by atoms with E-state index in [2.05, 4.69) is 20.0 Å². The van der Waals surface area contributed by atoms with Crippen LogP contribution in [-0.4, -0.2) is 34.1 Å². The van der Waals surface area contributed by atoms with Gasteiger partial charge in [0, 0.05) is 18.9 Å². The molecule has 1 unspecified atom stereocenters. The number of anilines is 2. The van der Waals surface area contributed by atoms with Gasteiger partial charge in [0.1, 0.15) is 5.82 Å². The smallest absolute Gasteiger partial charge is 0.263 e. The lowest BCUT2D eigenvalue weighted by molar-refractivity contribution is -0.115. The van der Waals surface area contributed by atoms with Gasteiger partial charge in [0.05, 0.1) is 21.0 Å². The standard InChI is InChI=1S/C24H23N5O4S2/c1-3-20(34-24-27-19-9-5-4-8-18(19)23(31)29(24)2)22(30)26-16-11-13-17(14-12-16)35(32,33)28-21-10-6-7-15-25-21/h4-15,20H,3H2,1-2H3,(H,25,28)(H,26,30). The topological polar surface area (TPSA) is 123 Å². The number of nitrogens with one attached hydrogen (secondary N) is 2. The van der Waals surface area contributed by atoms with Crippen LogP contribution in [-0.2, 0) is 21.9 Å². The summed E-state index contributed by atoms with van der Waals surface area (Å²) in [6, 6.07) is 17.8. The molecule has 1 amide bonds. The van der Waals surface area contributed by atoms with Crippen LogP contribution in [0.25, 0.3) is 10.9 Å². The number of sulfonamides is 1. The van der Waals surface area contributed by atoms with Gasteiger partial charge in [0.15, 0.2) is 5.16 Å². The van der Waals surface area contributed by atoms with E-state index < -0.39 is 15.3 Å². The van der Waals surface area contributed by atoms with Crippen LogP contribution in [0, 0.1) is 0 Å². The van der Waals surface area contributed by atoms with Crippen molar-refractivity contribution in [1.82, 2.24) is 14.5 Å². The normalized spacial score (nSPS) is 12.3. The summed E-state index contributed by atoms with van der Waals surface area (Å²) in [5, 5.41) is 3.26. The molecule has 0 aliphatic rings. The molecule has 0 fully saturated rings. The fraction of sp³-hybridized carbons (Fsp3) is 0.167. The van der Waals surface area contributed by atoms with Crippen molar-refractivity contribution < 1.29 is 13.2 Å². The van der Waals surface area contributed by atoms with Crippen LogP contribution in [0.15, 0.2) is 87.8 Å². The highest BCUT2D eigenvalue weighted by Crippen LogP contribution is 2.26. The third-order valence-corrected chi connectivity index (χ3v) is 7.97. The summed E-state index contributed by atoms with van der Waals surface area (Å²) < 4.78 is 29.0. The monoisotopic (exact) mass is 509 g/mol. The predicted molar refractivity (Wildman–Crippen MR) is 137 cm³/mol. The number of carbonyl (C=O) groups excluding carboxylic acids is 1. The second kappa shape index (κ2) is 10.3. The van der Waals surface area contributed by atoms with E-state index in [-0.39, 0.29) is 22.2 Å². The maximum Gasteiger partial charge on any atom is 0.263 e. The molecule has 2 aromatic carbocycles. The summed E-state index contributed by atoms with van der Waals surface area (Å²) in [6.45, 7) is 1.87. The zero-order chi connectivity index (χ0) is 25.0. The van der Waals surface area contributed by atoms with E-state index >= 15 is 0 Å². The number of hydrogen-bond donors (Lipinski definition) is 2. The van der Waals surface area contributed by atoms with Crippen molar-refractivity contribution in [2.75, 3.05) is 10.0 Å². The van der Waals surface area contributed by atoms with Crippen molar-refractivity contribution in [3.8, 4) is 0 Å². The van der Waals surface area contributed by atoms with E-state index in [1.807, 2.05) is 13.0 Å². The van der Waals surface area contributed by atoms with Gasteiger partial charge >= 0.3 is 0 Å². The lowest BCUT2D eigenvalue weighted by Gasteiger charge is -2.16. The number of aromatic nitrogens is 3. The fourth-order valence-corrected chi connectivity index (χ4v) is 5.30. The molecule has 0 bridgehead atoms. The number of para-hydroxylation sites is 1. The van der Waals surface area contributed by atoms with Crippen molar-refractivity contribution in [1.29, 1.82) is 0 Å². The molecule has 180 valence electrons. The first kappa shape index (κ1) is 24.4. The van der Waals surface area contributed by atoms with Crippen LogP contribution >= 0.6 is 11.8 Å². The van der Waals surface area contributed by atoms with Crippen molar-refractivity contribution in [2.24, 2.45) is 7.05 Å². The lowest BCUT2D eigenvalue weighted by atomic mass is 10.2. The van der Waals surface area contributed by atoms with Crippen LogP contribution in [0.2, 0.25) is 0 Å². The Bertz CT molecular complexity index is 1520. The van der Waals surface area contributed by atoms with Crippen molar-refractivity contribution >= 4 is 50.1 Å². The molecule has 4 aromatic rings. The summed E-state index contributed by atoms with van der Waals surface area (Å²) in [6.07, 6.45) is 1.99. The number of pyridine rings is 1. The van der Waals surface area contributed by atoms with Gasteiger partial charge in [-0.05, 0) is 55.0 Å². The Morgan fingerprint density at radius 2 is 1.77 bits per heavy atom. The third kappa shape index (κ3) is 5.52. The molecule has 11 heteroatoms. The number of hydrogen-bond acceptors (Lipinski definition) is 7. The molecule has 0 saturated carbocycles. The summed E-state index contributed by atoms with van der Waals surface area (Å²) in [5.74, 6) is -0.0634. The first-order valence-electron chi connectivity index (χ1n) is 10.8. The Labute approximate surface area is 206 Å². The largest absolute Gasteiger partial charge is 0.325 e. The fourth-order valence-electron chi connectivity index (χ4n) is 3.31. The number of thioether (sulfide) groups is 1. The highest BCUT2D eigenvalue weighted by atomic mass is 32.2. The SMILES string of the molecule is CCC(Sc1nc2ccccc2c(=O)n1C)C(=O)Nc1ccc(S(=O)(=O)Nc2ccccn2)cc1. The van der Waals surface area contributed by atoms with Gasteiger partial charge in [0.25, 0.3) is 15.6 Å². The molecule has 2 heterocycles. The van der Waals surface area contributed by atoms with Gasteiger partial charge in [-0.3, -0.25) is 18.9 Å². The molecular formula is C24H23N5O4S2. The van der Waals surface area contributed by atoms with E-state index in [1.54, 1.807) is 43.4 Å². The summed E-state index contributed by atoms with van der Waals surface area (Å²) >= 11 is 1.21. The molecule has 2 aromatic heterocycles. The Morgan fingerprint density at radius 1 is 1.06 bits per heavy atom. The molecule has 0 radical (unpaired) electrons. The number of nitrogens with zero attached hydrogens (tertiary/aromatic N) is 3. The Hall–Kier alpha value is -3.70. The van der Waals surface area contributed by atoms with E-state index in [9.17, 15) is 18.0 Å². The van der Waals surface area contributed by atoms with Gasteiger partial charge in [-0.25, -0.2) is 18.4 Å². The molecular weight excluding hydrogens is 486 g/mol. The van der Waals surface area contributed by atoms with Crippen LogP contribution in [0.5, 0.6) is 0 Å². The van der Waals surface area contributed by atoms with E-state index in [1.165, 1.54) is 46.8 Å². The minimum atomic E-state index is -3.82. The number of carbonyl (C=O) groups is 1. The third-order valence-electron chi connectivity index (χ3n) is 5.19. The lowest BCUT2D eigenvalue weighted by Crippen LogP contribution is -2.27. The first-order valence-corrected chi connectivity index (χ1v) is 13.1. The molecule has 0 spiro atoms. The quantitative estimate of drug-likeness (QED) is 0.275. The molecule has 2 N–H and O–H groups in total. The molecule has 0 aliphatic heterocycles. The zero-order valence-corrected chi connectivity index (χ0v) is 20.6. The minimum Gasteiger partial charge on any atom is -0.325 e. The molecule has 0 aliphatic carbocycles. The predicted octanol–water partition coefficient (Wildman–Crippen LogP) is 3.64. The average molecular weight is 510 g/mol. The molecule has 4 rings (SSSR count). The second-order valence-electron chi connectivity index (χ2n) is 7.62. The highest BCUT2D eigenvalue weighted by Gasteiger charge is 2.22. The maximum atomic E-state index is 12.9. The van der Waals surface area contributed by atoms with Crippen molar-refractivity contribution in [3.05, 3.63) is 83.3 Å². The van der Waals surface area contributed by atoms with Crippen LogP contribution in [0.4, 0.5) is 11.5 Å². The number of fused-ring (bicyclic) bond motifs is 1. The Balaban J connectivity index is 1.47. The number of rotatable bonds is 8. The molecule has 0 saturated heterocycles. The number of benzene rings is 2. The summed E-state index contributed by atoms with van der Waals surface area (Å²) in [4.78, 5) is 34.2. The van der Waals surface area contributed by atoms with Crippen LogP contribution < -0.4 is 15.6 Å². The van der Waals surface area contributed by atoms with E-state index in [4.69, 9.17) is 0 Å². The van der Waals surface area contributed by atoms with Gasteiger partial charge < -0.3 is 5.32 Å². The maximum absolute atomic E-state index is 12.9. The molecule has 35 heavy (non-hydrogen) atoms.